The highest BCUT2D eigenvalue weighted by molar-refractivity contribution is 9.10. The van der Waals surface area contributed by atoms with Crippen LogP contribution < -0.4 is 0 Å². The van der Waals surface area contributed by atoms with Crippen LogP contribution in [-0.2, 0) is 9.53 Å². The minimum atomic E-state index is -1.90. The van der Waals surface area contributed by atoms with Crippen molar-refractivity contribution in [3.8, 4) is 0 Å². The Morgan fingerprint density at radius 2 is 2.11 bits per heavy atom. The van der Waals surface area contributed by atoms with Crippen molar-refractivity contribution < 1.29 is 19.6 Å². The molecule has 1 unspecified atom stereocenters. The minimum absolute atomic E-state index is 0.0408. The van der Waals surface area contributed by atoms with E-state index in [0.29, 0.717) is 5.56 Å². The van der Waals surface area contributed by atoms with Crippen molar-refractivity contribution in [2.75, 3.05) is 6.61 Å². The Hall–Kier alpha value is -1.73. The standard InChI is InChI=1S/C12H12BrNO5/c1-2-19-12(16)11(15)10(14(17)18)7-8-3-5-9(13)6-4-8/h3-7,11,15H,2H2,1H3/b10-7+. The van der Waals surface area contributed by atoms with Gasteiger partial charge in [-0.3, -0.25) is 10.1 Å². The van der Waals surface area contributed by atoms with Crippen molar-refractivity contribution in [1.29, 1.82) is 0 Å². The minimum Gasteiger partial charge on any atom is -0.464 e. The second-order valence-electron chi connectivity index (χ2n) is 3.53. The van der Waals surface area contributed by atoms with Gasteiger partial charge < -0.3 is 9.84 Å². The first-order valence-corrected chi connectivity index (χ1v) is 6.21. The second kappa shape index (κ2) is 7.01. The van der Waals surface area contributed by atoms with Crippen molar-refractivity contribution in [1.82, 2.24) is 0 Å². The zero-order valence-electron chi connectivity index (χ0n) is 10.1. The van der Waals surface area contributed by atoms with E-state index in [-0.39, 0.29) is 6.61 Å². The fourth-order valence-electron chi connectivity index (χ4n) is 1.30. The van der Waals surface area contributed by atoms with Gasteiger partial charge in [0.25, 0.3) is 5.70 Å². The van der Waals surface area contributed by atoms with E-state index in [1.54, 1.807) is 31.2 Å². The highest BCUT2D eigenvalue weighted by Gasteiger charge is 2.30. The normalized spacial score (nSPS) is 12.9. The summed E-state index contributed by atoms with van der Waals surface area (Å²) < 4.78 is 5.37. The number of carbonyl (C=O) groups excluding carboxylic acids is 1. The maximum absolute atomic E-state index is 11.3. The van der Waals surface area contributed by atoms with Crippen molar-refractivity contribution in [3.63, 3.8) is 0 Å². The largest absolute Gasteiger partial charge is 0.464 e. The molecule has 1 aromatic rings. The molecule has 0 saturated heterocycles. The van der Waals surface area contributed by atoms with Crippen LogP contribution in [0.3, 0.4) is 0 Å². The third-order valence-electron chi connectivity index (χ3n) is 2.19. The van der Waals surface area contributed by atoms with E-state index in [2.05, 4.69) is 20.7 Å². The fourth-order valence-corrected chi connectivity index (χ4v) is 1.57. The Labute approximate surface area is 118 Å². The number of rotatable bonds is 5. The van der Waals surface area contributed by atoms with E-state index in [1.165, 1.54) is 0 Å². The molecule has 1 N–H and O–H groups in total. The summed E-state index contributed by atoms with van der Waals surface area (Å²) in [4.78, 5) is 21.4. The van der Waals surface area contributed by atoms with E-state index >= 15 is 0 Å². The molecule has 0 radical (unpaired) electrons. The van der Waals surface area contributed by atoms with Crippen LogP contribution in [0.5, 0.6) is 0 Å². The monoisotopic (exact) mass is 329 g/mol. The van der Waals surface area contributed by atoms with Gasteiger partial charge >= 0.3 is 5.97 Å². The van der Waals surface area contributed by atoms with Crippen LogP contribution in [-0.4, -0.2) is 28.7 Å². The molecule has 1 atom stereocenters. The molecule has 0 heterocycles. The molecule has 7 heteroatoms. The average molecular weight is 330 g/mol. The highest BCUT2D eigenvalue weighted by atomic mass is 79.9. The highest BCUT2D eigenvalue weighted by Crippen LogP contribution is 2.15. The lowest BCUT2D eigenvalue weighted by Crippen LogP contribution is -2.28. The number of ether oxygens (including phenoxy) is 1. The Bertz CT molecular complexity index is 497. The molecular formula is C12H12BrNO5. The number of carbonyl (C=O) groups is 1. The van der Waals surface area contributed by atoms with Gasteiger partial charge in [-0.25, -0.2) is 4.79 Å². The third kappa shape index (κ3) is 4.46. The predicted octanol–water partition coefficient (Wildman–Crippen LogP) is 1.99. The maximum atomic E-state index is 11.3. The van der Waals surface area contributed by atoms with Crippen molar-refractivity contribution in [2.45, 2.75) is 13.0 Å². The van der Waals surface area contributed by atoms with Crippen molar-refractivity contribution in [3.05, 3.63) is 50.1 Å². The van der Waals surface area contributed by atoms with Crippen LogP contribution in [0.1, 0.15) is 12.5 Å². The first-order valence-electron chi connectivity index (χ1n) is 5.42. The average Bonchev–Trinajstić information content (AvgIpc) is 2.37. The molecule has 0 aliphatic rings. The number of benzene rings is 1. The van der Waals surface area contributed by atoms with Gasteiger partial charge in [-0.2, -0.15) is 0 Å². The molecule has 0 fully saturated rings. The third-order valence-corrected chi connectivity index (χ3v) is 2.71. The molecular weight excluding hydrogens is 318 g/mol. The Balaban J connectivity index is 3.03. The molecule has 0 spiro atoms. The van der Waals surface area contributed by atoms with Gasteiger partial charge in [0.1, 0.15) is 0 Å². The number of hydrogen-bond acceptors (Lipinski definition) is 5. The summed E-state index contributed by atoms with van der Waals surface area (Å²) in [7, 11) is 0. The lowest BCUT2D eigenvalue weighted by Gasteiger charge is -2.07. The Morgan fingerprint density at radius 1 is 1.53 bits per heavy atom. The molecule has 0 aliphatic heterocycles. The summed E-state index contributed by atoms with van der Waals surface area (Å²) in [6.45, 7) is 1.59. The van der Waals surface area contributed by atoms with E-state index < -0.39 is 22.7 Å². The van der Waals surface area contributed by atoms with Gasteiger partial charge in [-0.1, -0.05) is 28.1 Å². The van der Waals surface area contributed by atoms with Gasteiger partial charge in [0.2, 0.25) is 6.10 Å². The molecule has 19 heavy (non-hydrogen) atoms. The lowest BCUT2D eigenvalue weighted by molar-refractivity contribution is -0.432. The zero-order valence-corrected chi connectivity index (χ0v) is 11.7. The molecule has 1 aromatic carbocycles. The SMILES string of the molecule is CCOC(=O)C(O)/C(=C\c1ccc(Br)cc1)[N+](=O)[O-]. The predicted molar refractivity (Wildman–Crippen MR) is 71.8 cm³/mol. The number of aliphatic hydroxyl groups excluding tert-OH is 1. The molecule has 1 rings (SSSR count). The molecule has 0 bridgehead atoms. The van der Waals surface area contributed by atoms with Crippen LogP contribution in [0.4, 0.5) is 0 Å². The summed E-state index contributed by atoms with van der Waals surface area (Å²) in [6.07, 6.45) is -0.771. The molecule has 102 valence electrons. The number of aliphatic hydroxyl groups is 1. The summed E-state index contributed by atoms with van der Waals surface area (Å²) in [5, 5.41) is 20.5. The van der Waals surface area contributed by atoms with Crippen LogP contribution in [0.25, 0.3) is 6.08 Å². The molecule has 0 aliphatic carbocycles. The van der Waals surface area contributed by atoms with Gasteiger partial charge in [-0.15, -0.1) is 0 Å². The van der Waals surface area contributed by atoms with Crippen LogP contribution >= 0.6 is 15.9 Å². The molecule has 0 aromatic heterocycles. The van der Waals surface area contributed by atoms with Gasteiger partial charge in [0.15, 0.2) is 0 Å². The fraction of sp³-hybridized carbons (Fsp3) is 0.250. The van der Waals surface area contributed by atoms with E-state index in [1.807, 2.05) is 0 Å². The van der Waals surface area contributed by atoms with Crippen LogP contribution in [0, 0.1) is 10.1 Å². The van der Waals surface area contributed by atoms with Crippen LogP contribution in [0.15, 0.2) is 34.4 Å². The Kier molecular flexibility index (Phi) is 5.65. The number of esters is 1. The molecule has 0 saturated carbocycles. The number of nitro groups is 1. The molecule has 0 amide bonds. The summed E-state index contributed by atoms with van der Waals surface area (Å²) in [5.41, 5.74) is -0.126. The quantitative estimate of drug-likeness (QED) is 0.507. The van der Waals surface area contributed by atoms with Crippen molar-refractivity contribution >= 4 is 28.0 Å². The van der Waals surface area contributed by atoms with Gasteiger partial charge in [0.05, 0.1) is 11.5 Å². The first-order chi connectivity index (χ1) is 8.95. The van der Waals surface area contributed by atoms with E-state index in [0.717, 1.165) is 10.5 Å². The zero-order chi connectivity index (χ0) is 14.4. The van der Waals surface area contributed by atoms with Crippen molar-refractivity contribution in [2.24, 2.45) is 0 Å². The maximum Gasteiger partial charge on any atom is 0.346 e. The summed E-state index contributed by atoms with van der Waals surface area (Å²) in [5.74, 6) is -1.04. The first kappa shape index (κ1) is 15.3. The smallest absolute Gasteiger partial charge is 0.346 e. The summed E-state index contributed by atoms with van der Waals surface area (Å²) >= 11 is 3.24. The summed E-state index contributed by atoms with van der Waals surface area (Å²) in [6, 6.07) is 6.62. The number of halogens is 1. The molecule has 6 nitrogen and oxygen atoms in total. The lowest BCUT2D eigenvalue weighted by atomic mass is 10.1. The van der Waals surface area contributed by atoms with Crippen LogP contribution in [0.2, 0.25) is 0 Å². The Morgan fingerprint density at radius 3 is 2.58 bits per heavy atom. The second-order valence-corrected chi connectivity index (χ2v) is 4.45. The number of nitrogens with zero attached hydrogens (tertiary/aromatic N) is 1. The van der Waals surface area contributed by atoms with E-state index in [9.17, 15) is 20.0 Å². The van der Waals surface area contributed by atoms with E-state index in [4.69, 9.17) is 0 Å². The van der Waals surface area contributed by atoms with Gasteiger partial charge in [-0.05, 0) is 24.6 Å². The number of hydrogen-bond donors (Lipinski definition) is 1. The van der Waals surface area contributed by atoms with Gasteiger partial charge in [0, 0.05) is 10.5 Å². The topological polar surface area (TPSA) is 89.7 Å².